The Morgan fingerprint density at radius 1 is 1.11 bits per heavy atom. The van der Waals surface area contributed by atoms with Crippen LogP contribution in [0.25, 0.3) is 0 Å². The van der Waals surface area contributed by atoms with E-state index in [4.69, 9.17) is 5.73 Å². The van der Waals surface area contributed by atoms with Crippen LogP contribution in [0.4, 0.5) is 0 Å². The van der Waals surface area contributed by atoms with Crippen molar-refractivity contribution in [3.8, 4) is 0 Å². The van der Waals surface area contributed by atoms with Gasteiger partial charge in [-0.3, -0.25) is 4.90 Å². The van der Waals surface area contributed by atoms with Crippen molar-refractivity contribution in [1.82, 2.24) is 4.90 Å². The summed E-state index contributed by atoms with van der Waals surface area (Å²) in [6, 6.07) is 9.77. The fraction of sp³-hybridized carbons (Fsp3) is 0.625. The second-order valence-electron chi connectivity index (χ2n) is 5.54. The fourth-order valence-electron chi connectivity index (χ4n) is 2.31. The molecule has 0 radical (unpaired) electrons. The predicted molar refractivity (Wildman–Crippen MR) is 87.9 cm³/mol. The van der Waals surface area contributed by atoms with E-state index in [1.54, 1.807) is 0 Å². The monoisotopic (exact) mass is 280 g/mol. The van der Waals surface area contributed by atoms with Gasteiger partial charge < -0.3 is 5.73 Å². The molecule has 1 rings (SSSR count). The van der Waals surface area contributed by atoms with E-state index < -0.39 is 0 Å². The summed E-state index contributed by atoms with van der Waals surface area (Å²) in [5.41, 5.74) is 8.70. The lowest BCUT2D eigenvalue weighted by molar-refractivity contribution is 0.204. The smallest absolute Gasteiger partial charge is 0.0470 e. The summed E-state index contributed by atoms with van der Waals surface area (Å²) in [6.07, 6.45) is 2.15. The molecule has 0 aliphatic rings. The van der Waals surface area contributed by atoms with Gasteiger partial charge in [-0.05, 0) is 37.3 Å². The first-order valence-electron chi connectivity index (χ1n) is 7.02. The number of hydrogen-bond donors (Lipinski definition) is 1. The molecule has 0 heterocycles. The van der Waals surface area contributed by atoms with Gasteiger partial charge in [0.05, 0.1) is 0 Å². The molecule has 1 aromatic rings. The number of nitrogens with zero attached hydrogens (tertiary/aromatic N) is 1. The van der Waals surface area contributed by atoms with Crippen LogP contribution in [0.3, 0.4) is 0 Å². The third-order valence-corrected chi connectivity index (χ3v) is 4.62. The molecular weight excluding hydrogens is 252 g/mol. The van der Waals surface area contributed by atoms with Crippen molar-refractivity contribution in [2.75, 3.05) is 25.6 Å². The highest BCUT2D eigenvalue weighted by Crippen LogP contribution is 2.23. The molecule has 0 saturated carbocycles. The van der Waals surface area contributed by atoms with E-state index in [1.165, 1.54) is 11.1 Å². The first-order chi connectivity index (χ1) is 9.01. The van der Waals surface area contributed by atoms with Crippen molar-refractivity contribution >= 4 is 11.8 Å². The highest BCUT2D eigenvalue weighted by atomic mass is 32.2. The topological polar surface area (TPSA) is 29.3 Å². The van der Waals surface area contributed by atoms with Crippen LogP contribution in [-0.4, -0.2) is 36.5 Å². The number of thioether (sulfide) groups is 1. The summed E-state index contributed by atoms with van der Waals surface area (Å²) in [6.45, 7) is 7.38. The zero-order valence-electron chi connectivity index (χ0n) is 12.9. The van der Waals surface area contributed by atoms with Crippen molar-refractivity contribution in [3.05, 3.63) is 35.4 Å². The number of rotatable bonds is 7. The Kier molecular flexibility index (Phi) is 6.90. The van der Waals surface area contributed by atoms with E-state index >= 15 is 0 Å². The third-order valence-electron chi connectivity index (χ3n) is 3.81. The minimum Gasteiger partial charge on any atom is -0.329 e. The molecular formula is C16H28N2S. The Bertz CT molecular complexity index is 362. The van der Waals surface area contributed by atoms with Crippen LogP contribution in [0.2, 0.25) is 0 Å². The van der Waals surface area contributed by atoms with Gasteiger partial charge in [0.25, 0.3) is 0 Å². The molecule has 0 aliphatic carbocycles. The summed E-state index contributed by atoms with van der Waals surface area (Å²) in [5.74, 6) is 1.72. The summed E-state index contributed by atoms with van der Waals surface area (Å²) in [4.78, 5) is 2.39. The quantitative estimate of drug-likeness (QED) is 0.829. The van der Waals surface area contributed by atoms with Gasteiger partial charge in [0.1, 0.15) is 0 Å². The maximum atomic E-state index is 5.99. The average Bonchev–Trinajstić information content (AvgIpc) is 2.40. The average molecular weight is 280 g/mol. The zero-order valence-corrected chi connectivity index (χ0v) is 13.7. The number of likely N-dealkylation sites (N-methyl/N-ethyl adjacent to an activating group) is 1. The summed E-state index contributed by atoms with van der Waals surface area (Å²) in [5, 5.41) is 0. The van der Waals surface area contributed by atoms with Crippen molar-refractivity contribution in [3.63, 3.8) is 0 Å². The molecule has 0 bridgehead atoms. The lowest BCUT2D eigenvalue weighted by Crippen LogP contribution is -2.38. The SMILES string of the molecule is CSCC(C)N(C)C(CN)c1ccc(C(C)C)cc1. The number of nitrogens with two attached hydrogens (primary N) is 1. The van der Waals surface area contributed by atoms with Crippen molar-refractivity contribution < 1.29 is 0 Å². The van der Waals surface area contributed by atoms with Crippen LogP contribution in [0, 0.1) is 0 Å². The van der Waals surface area contributed by atoms with Crippen molar-refractivity contribution in [2.24, 2.45) is 5.73 Å². The molecule has 2 unspecified atom stereocenters. The minimum atomic E-state index is 0.309. The van der Waals surface area contributed by atoms with Crippen LogP contribution in [-0.2, 0) is 0 Å². The standard InChI is InChI=1S/C16H28N2S/c1-12(2)14-6-8-15(9-7-14)16(10-17)18(4)13(3)11-19-5/h6-9,12-13,16H,10-11,17H2,1-5H3. The summed E-state index contributed by atoms with van der Waals surface area (Å²) >= 11 is 1.89. The van der Waals surface area contributed by atoms with Crippen LogP contribution in [0.1, 0.15) is 43.9 Å². The van der Waals surface area contributed by atoms with Gasteiger partial charge in [-0.1, -0.05) is 38.1 Å². The Labute approximate surface area is 122 Å². The van der Waals surface area contributed by atoms with Crippen LogP contribution < -0.4 is 5.73 Å². The number of benzene rings is 1. The fourth-order valence-corrected chi connectivity index (χ4v) is 3.02. The van der Waals surface area contributed by atoms with E-state index in [1.807, 2.05) is 11.8 Å². The maximum Gasteiger partial charge on any atom is 0.0470 e. The second-order valence-corrected chi connectivity index (χ2v) is 6.45. The molecule has 0 amide bonds. The molecule has 0 aromatic heterocycles. The maximum absolute atomic E-state index is 5.99. The van der Waals surface area contributed by atoms with Gasteiger partial charge in [0.2, 0.25) is 0 Å². The van der Waals surface area contributed by atoms with E-state index in [0.717, 1.165) is 5.75 Å². The summed E-state index contributed by atoms with van der Waals surface area (Å²) < 4.78 is 0. The zero-order chi connectivity index (χ0) is 14.4. The highest BCUT2D eigenvalue weighted by Gasteiger charge is 2.20. The second kappa shape index (κ2) is 7.93. The Morgan fingerprint density at radius 3 is 2.05 bits per heavy atom. The molecule has 0 saturated heterocycles. The van der Waals surface area contributed by atoms with Gasteiger partial charge in [-0.25, -0.2) is 0 Å². The Morgan fingerprint density at radius 2 is 1.63 bits per heavy atom. The van der Waals surface area contributed by atoms with E-state index in [2.05, 4.69) is 63.2 Å². The van der Waals surface area contributed by atoms with Gasteiger partial charge in [-0.15, -0.1) is 0 Å². The summed E-state index contributed by atoms with van der Waals surface area (Å²) in [7, 11) is 2.18. The normalized spacial score (nSPS) is 14.9. The highest BCUT2D eigenvalue weighted by molar-refractivity contribution is 7.98. The van der Waals surface area contributed by atoms with Gasteiger partial charge in [0, 0.05) is 24.4 Å². The molecule has 1 aromatic carbocycles. The third kappa shape index (κ3) is 4.51. The Hall–Kier alpha value is -0.510. The van der Waals surface area contributed by atoms with Gasteiger partial charge in [-0.2, -0.15) is 11.8 Å². The molecule has 0 fully saturated rings. The lowest BCUT2D eigenvalue weighted by atomic mass is 9.98. The Balaban J connectivity index is 2.84. The van der Waals surface area contributed by atoms with Crippen LogP contribution in [0.15, 0.2) is 24.3 Å². The van der Waals surface area contributed by atoms with E-state index in [9.17, 15) is 0 Å². The largest absolute Gasteiger partial charge is 0.329 e. The molecule has 0 aliphatic heterocycles. The first kappa shape index (κ1) is 16.5. The molecule has 3 heteroatoms. The van der Waals surface area contributed by atoms with Crippen molar-refractivity contribution in [2.45, 2.75) is 38.8 Å². The molecule has 19 heavy (non-hydrogen) atoms. The van der Waals surface area contributed by atoms with E-state index in [0.29, 0.717) is 24.5 Å². The van der Waals surface area contributed by atoms with Crippen molar-refractivity contribution in [1.29, 1.82) is 0 Å². The molecule has 108 valence electrons. The van der Waals surface area contributed by atoms with Crippen LogP contribution >= 0.6 is 11.8 Å². The predicted octanol–water partition coefficient (Wildman–Crippen LogP) is 3.49. The van der Waals surface area contributed by atoms with E-state index in [-0.39, 0.29) is 0 Å². The molecule has 2 nitrogen and oxygen atoms in total. The lowest BCUT2D eigenvalue weighted by Gasteiger charge is -2.32. The molecule has 2 atom stereocenters. The molecule has 0 spiro atoms. The first-order valence-corrected chi connectivity index (χ1v) is 8.41. The molecule has 2 N–H and O–H groups in total. The van der Waals surface area contributed by atoms with Crippen LogP contribution in [0.5, 0.6) is 0 Å². The number of hydrogen-bond acceptors (Lipinski definition) is 3. The minimum absolute atomic E-state index is 0.309. The van der Waals surface area contributed by atoms with Gasteiger partial charge in [0.15, 0.2) is 0 Å². The van der Waals surface area contributed by atoms with Gasteiger partial charge >= 0.3 is 0 Å².